The van der Waals surface area contributed by atoms with Crippen molar-refractivity contribution in [3.05, 3.63) is 59.9 Å². The van der Waals surface area contributed by atoms with Crippen molar-refractivity contribution in [1.29, 1.82) is 0 Å². The molecule has 0 atom stereocenters. The van der Waals surface area contributed by atoms with E-state index in [1.54, 1.807) is 0 Å². The van der Waals surface area contributed by atoms with Gasteiger partial charge in [-0.05, 0) is 36.3 Å². The van der Waals surface area contributed by atoms with Crippen LogP contribution in [0, 0.1) is 0 Å². The molecule has 0 radical (unpaired) electrons. The Hall–Kier alpha value is -1.80. The van der Waals surface area contributed by atoms with E-state index in [0.29, 0.717) is 0 Å². The lowest BCUT2D eigenvalue weighted by molar-refractivity contribution is -0.702. The zero-order valence-corrected chi connectivity index (χ0v) is 13.3. The summed E-state index contributed by atoms with van der Waals surface area (Å²) in [4.78, 5) is 2.13. The Morgan fingerprint density at radius 1 is 1.05 bits per heavy atom. The molecule has 2 nitrogen and oxygen atoms in total. The van der Waals surface area contributed by atoms with E-state index in [-0.39, 0.29) is 12.4 Å². The fourth-order valence-corrected chi connectivity index (χ4v) is 2.75. The molecule has 0 unspecified atom stereocenters. The molecule has 0 N–H and O–H groups in total. The quantitative estimate of drug-likeness (QED) is 0.728. The third-order valence-electron chi connectivity index (χ3n) is 3.87. The van der Waals surface area contributed by atoms with Gasteiger partial charge in [-0.3, -0.25) is 0 Å². The summed E-state index contributed by atoms with van der Waals surface area (Å²) >= 11 is 0. The first-order valence-electron chi connectivity index (χ1n) is 7.21. The molecule has 0 amide bonds. The van der Waals surface area contributed by atoms with Gasteiger partial charge in [-0.1, -0.05) is 12.1 Å². The molecule has 0 bridgehead atoms. The lowest BCUT2D eigenvalue weighted by Crippen LogP contribution is -3.00. The van der Waals surface area contributed by atoms with E-state index in [1.165, 1.54) is 35.4 Å². The Labute approximate surface area is 133 Å². The number of aromatic nitrogens is 1. The van der Waals surface area contributed by atoms with Crippen molar-refractivity contribution in [2.45, 2.75) is 19.4 Å². The number of rotatable bonds is 2. The topological polar surface area (TPSA) is 7.12 Å². The molecule has 2 heterocycles. The lowest BCUT2D eigenvalue weighted by atomic mass is 9.99. The van der Waals surface area contributed by atoms with E-state index in [4.69, 9.17) is 0 Å². The van der Waals surface area contributed by atoms with Crippen LogP contribution in [-0.4, -0.2) is 14.1 Å². The Kier molecular flexibility index (Phi) is 5.03. The van der Waals surface area contributed by atoms with Crippen LogP contribution < -0.4 is 21.9 Å². The first kappa shape index (κ1) is 15.6. The minimum atomic E-state index is 0. The highest BCUT2D eigenvalue weighted by atomic mass is 35.5. The van der Waals surface area contributed by atoms with Gasteiger partial charge in [0, 0.05) is 43.9 Å². The number of hydrogen-bond acceptors (Lipinski definition) is 1. The van der Waals surface area contributed by atoms with Gasteiger partial charge in [0.15, 0.2) is 6.20 Å². The van der Waals surface area contributed by atoms with E-state index in [9.17, 15) is 0 Å². The Balaban J connectivity index is 0.00000161. The molecule has 1 aliphatic heterocycles. The summed E-state index contributed by atoms with van der Waals surface area (Å²) in [5, 5.41) is 0. The van der Waals surface area contributed by atoms with Crippen LogP contribution in [-0.2, 0) is 6.54 Å². The van der Waals surface area contributed by atoms with Crippen LogP contribution in [0.5, 0.6) is 0 Å². The van der Waals surface area contributed by atoms with Crippen LogP contribution in [0.1, 0.15) is 24.1 Å². The summed E-state index contributed by atoms with van der Waals surface area (Å²) in [6.45, 7) is 1.13. The van der Waals surface area contributed by atoms with Crippen molar-refractivity contribution < 1.29 is 17.0 Å². The van der Waals surface area contributed by atoms with E-state index in [2.05, 4.69) is 78.3 Å². The number of pyridine rings is 1. The first-order chi connectivity index (χ1) is 9.74. The minimum absolute atomic E-state index is 0. The van der Waals surface area contributed by atoms with Gasteiger partial charge in [0.25, 0.3) is 0 Å². The molecule has 0 aliphatic carbocycles. The summed E-state index contributed by atoms with van der Waals surface area (Å²) < 4.78 is 2.35. The van der Waals surface area contributed by atoms with Gasteiger partial charge in [0.1, 0.15) is 6.54 Å². The van der Waals surface area contributed by atoms with Gasteiger partial charge < -0.3 is 17.3 Å². The first-order valence-corrected chi connectivity index (χ1v) is 7.21. The van der Waals surface area contributed by atoms with Crippen molar-refractivity contribution in [1.82, 2.24) is 0 Å². The van der Waals surface area contributed by atoms with Gasteiger partial charge in [-0.15, -0.1) is 0 Å². The second kappa shape index (κ2) is 6.77. The number of allylic oxidation sites excluding steroid dienone is 1. The standard InChI is InChI=1S/C18H21N2.ClH/c1-19(2)17-10-8-15(9-11-17)14-16-6-5-13-20-12-4-3-7-18(16)20;/h3-4,7-12,14H,5-6,13H2,1-2H3;1H/q+1;/p-1. The highest BCUT2D eigenvalue weighted by Crippen LogP contribution is 2.24. The molecule has 2 aromatic rings. The average Bonchev–Trinajstić information content (AvgIpc) is 2.48. The molecule has 1 aromatic heterocycles. The Morgan fingerprint density at radius 2 is 1.81 bits per heavy atom. The third-order valence-corrected chi connectivity index (χ3v) is 3.87. The third kappa shape index (κ3) is 3.45. The SMILES string of the molecule is CN(C)c1ccc(/C=C2\CCC[n+]3ccccc32)cc1.[Cl-]. The molecule has 3 rings (SSSR count). The van der Waals surface area contributed by atoms with Crippen molar-refractivity contribution in [2.24, 2.45) is 0 Å². The maximum atomic E-state index is 2.35. The number of anilines is 1. The van der Waals surface area contributed by atoms with Crippen molar-refractivity contribution in [3.8, 4) is 0 Å². The number of hydrogen-bond donors (Lipinski definition) is 0. The monoisotopic (exact) mass is 300 g/mol. The zero-order valence-electron chi connectivity index (χ0n) is 12.6. The lowest BCUT2D eigenvalue weighted by Gasteiger charge is -2.14. The van der Waals surface area contributed by atoms with E-state index in [1.807, 2.05) is 0 Å². The van der Waals surface area contributed by atoms with Crippen LogP contribution in [0.2, 0.25) is 0 Å². The minimum Gasteiger partial charge on any atom is -1.00 e. The van der Waals surface area contributed by atoms with Crippen LogP contribution in [0.25, 0.3) is 11.6 Å². The number of aryl methyl sites for hydroxylation is 1. The number of halogens is 1. The van der Waals surface area contributed by atoms with Crippen LogP contribution in [0.15, 0.2) is 48.7 Å². The summed E-state index contributed by atoms with van der Waals surface area (Å²) in [6.07, 6.45) is 6.89. The molecule has 0 saturated heterocycles. The second-order valence-corrected chi connectivity index (χ2v) is 5.54. The summed E-state index contributed by atoms with van der Waals surface area (Å²) in [5.41, 5.74) is 5.32. The van der Waals surface area contributed by atoms with Crippen LogP contribution in [0.3, 0.4) is 0 Å². The van der Waals surface area contributed by atoms with E-state index >= 15 is 0 Å². The molecule has 1 aliphatic rings. The smallest absolute Gasteiger partial charge is 0.208 e. The maximum absolute atomic E-state index is 2.35. The maximum Gasteiger partial charge on any atom is 0.208 e. The fourth-order valence-electron chi connectivity index (χ4n) is 2.75. The van der Waals surface area contributed by atoms with E-state index in [0.717, 1.165) is 6.54 Å². The largest absolute Gasteiger partial charge is 1.00 e. The Morgan fingerprint density at radius 3 is 2.52 bits per heavy atom. The van der Waals surface area contributed by atoms with E-state index < -0.39 is 0 Å². The summed E-state index contributed by atoms with van der Waals surface area (Å²) in [6, 6.07) is 15.2. The Bertz CT molecular complexity index is 630. The molecule has 110 valence electrons. The number of fused-ring (bicyclic) bond motifs is 1. The second-order valence-electron chi connectivity index (χ2n) is 5.54. The number of benzene rings is 1. The highest BCUT2D eigenvalue weighted by Gasteiger charge is 2.19. The van der Waals surface area contributed by atoms with Gasteiger partial charge in [-0.25, -0.2) is 0 Å². The summed E-state index contributed by atoms with van der Waals surface area (Å²) in [7, 11) is 4.14. The predicted octanol–water partition coefficient (Wildman–Crippen LogP) is 0.378. The molecule has 0 saturated carbocycles. The van der Waals surface area contributed by atoms with Gasteiger partial charge >= 0.3 is 0 Å². The van der Waals surface area contributed by atoms with Gasteiger partial charge in [-0.2, -0.15) is 4.57 Å². The molecular formula is C18H21ClN2. The average molecular weight is 301 g/mol. The molecule has 0 spiro atoms. The molecule has 0 fully saturated rings. The molecule has 3 heteroatoms. The predicted molar refractivity (Wildman–Crippen MR) is 84.5 cm³/mol. The molecule has 1 aromatic carbocycles. The highest BCUT2D eigenvalue weighted by molar-refractivity contribution is 5.79. The van der Waals surface area contributed by atoms with Gasteiger partial charge in [0.05, 0.1) is 0 Å². The van der Waals surface area contributed by atoms with Crippen molar-refractivity contribution in [3.63, 3.8) is 0 Å². The van der Waals surface area contributed by atoms with Gasteiger partial charge in [0.2, 0.25) is 5.69 Å². The zero-order chi connectivity index (χ0) is 13.9. The van der Waals surface area contributed by atoms with Crippen molar-refractivity contribution in [2.75, 3.05) is 19.0 Å². The van der Waals surface area contributed by atoms with Crippen LogP contribution >= 0.6 is 0 Å². The fraction of sp³-hybridized carbons (Fsp3) is 0.278. The van der Waals surface area contributed by atoms with Crippen molar-refractivity contribution >= 4 is 17.3 Å². The van der Waals surface area contributed by atoms with Crippen LogP contribution in [0.4, 0.5) is 5.69 Å². The number of nitrogens with zero attached hydrogens (tertiary/aromatic N) is 2. The molecule has 21 heavy (non-hydrogen) atoms. The summed E-state index contributed by atoms with van der Waals surface area (Å²) in [5.74, 6) is 0. The normalized spacial score (nSPS) is 15.2. The molecular weight excluding hydrogens is 280 g/mol.